The summed E-state index contributed by atoms with van der Waals surface area (Å²) < 4.78 is 0. The molecule has 2 N–H and O–H groups in total. The topological polar surface area (TPSA) is 69.6 Å². The van der Waals surface area contributed by atoms with E-state index in [0.29, 0.717) is 18.7 Å². The van der Waals surface area contributed by atoms with Crippen molar-refractivity contribution >= 4 is 12.0 Å². The number of carbonyl (C=O) groups excluding carboxylic acids is 1. The number of hydrogen-bond acceptors (Lipinski definition) is 2. The summed E-state index contributed by atoms with van der Waals surface area (Å²) in [6.45, 7) is 8.31. The fraction of sp³-hybridized carbons (Fsp3) is 0.333. The number of rotatable bonds is 6. The molecular weight excluding hydrogens is 256 g/mol. The van der Waals surface area contributed by atoms with E-state index in [2.05, 4.69) is 11.9 Å². The van der Waals surface area contributed by atoms with Gasteiger partial charge < -0.3 is 15.3 Å². The lowest BCUT2D eigenvalue weighted by molar-refractivity contribution is -0.139. The maximum absolute atomic E-state index is 12.1. The van der Waals surface area contributed by atoms with Gasteiger partial charge in [-0.25, -0.2) is 9.59 Å². The van der Waals surface area contributed by atoms with Gasteiger partial charge in [0.1, 0.15) is 0 Å². The minimum Gasteiger partial charge on any atom is -0.479 e. The Balaban J connectivity index is 2.83. The fourth-order valence-corrected chi connectivity index (χ4v) is 1.80. The van der Waals surface area contributed by atoms with Crippen LogP contribution in [0, 0.1) is 0 Å². The van der Waals surface area contributed by atoms with Gasteiger partial charge in [-0.3, -0.25) is 0 Å². The van der Waals surface area contributed by atoms with Crippen LogP contribution in [0.2, 0.25) is 0 Å². The monoisotopic (exact) mass is 276 g/mol. The second-order valence-electron chi connectivity index (χ2n) is 4.60. The predicted octanol–water partition coefficient (Wildman–Crippen LogP) is 2.42. The second kappa shape index (κ2) is 7.33. The number of urea groups is 1. The smallest absolute Gasteiger partial charge is 0.330 e. The standard InChI is InChI=1S/C15H20N2O3/c1-4-17(10-11(2)3)15(20)16-13(14(18)19)12-8-6-5-7-9-12/h5-9,13H,2,4,10H2,1,3H3,(H,16,20)(H,18,19). The van der Waals surface area contributed by atoms with Gasteiger partial charge in [0.05, 0.1) is 0 Å². The first-order valence-electron chi connectivity index (χ1n) is 6.43. The van der Waals surface area contributed by atoms with Crippen molar-refractivity contribution in [3.05, 3.63) is 48.0 Å². The van der Waals surface area contributed by atoms with Crippen LogP contribution in [0.15, 0.2) is 42.5 Å². The van der Waals surface area contributed by atoms with Gasteiger partial charge in [-0.05, 0) is 19.4 Å². The highest BCUT2D eigenvalue weighted by Crippen LogP contribution is 2.13. The summed E-state index contributed by atoms with van der Waals surface area (Å²) in [7, 11) is 0. The van der Waals surface area contributed by atoms with E-state index in [1.54, 1.807) is 30.3 Å². The first kappa shape index (κ1) is 15.8. The van der Waals surface area contributed by atoms with Crippen molar-refractivity contribution in [1.29, 1.82) is 0 Å². The largest absolute Gasteiger partial charge is 0.479 e. The van der Waals surface area contributed by atoms with E-state index >= 15 is 0 Å². The third-order valence-corrected chi connectivity index (χ3v) is 2.78. The summed E-state index contributed by atoms with van der Waals surface area (Å²) in [6, 6.07) is 7.16. The Labute approximate surface area is 118 Å². The van der Waals surface area contributed by atoms with E-state index < -0.39 is 18.0 Å². The third-order valence-electron chi connectivity index (χ3n) is 2.78. The van der Waals surface area contributed by atoms with Crippen molar-refractivity contribution in [2.75, 3.05) is 13.1 Å². The van der Waals surface area contributed by atoms with Crippen LogP contribution in [0.5, 0.6) is 0 Å². The highest BCUT2D eigenvalue weighted by molar-refractivity contribution is 5.83. The fourth-order valence-electron chi connectivity index (χ4n) is 1.80. The summed E-state index contributed by atoms with van der Waals surface area (Å²) in [5.41, 5.74) is 1.38. The summed E-state index contributed by atoms with van der Waals surface area (Å²) in [4.78, 5) is 24.9. The second-order valence-corrected chi connectivity index (χ2v) is 4.60. The van der Waals surface area contributed by atoms with Crippen molar-refractivity contribution < 1.29 is 14.7 Å². The Bertz CT molecular complexity index is 485. The van der Waals surface area contributed by atoms with E-state index in [1.165, 1.54) is 4.90 Å². The summed E-state index contributed by atoms with van der Waals surface area (Å²) >= 11 is 0. The van der Waals surface area contributed by atoms with Gasteiger partial charge in [0.25, 0.3) is 0 Å². The van der Waals surface area contributed by atoms with Crippen molar-refractivity contribution in [2.45, 2.75) is 19.9 Å². The van der Waals surface area contributed by atoms with Gasteiger partial charge in [-0.1, -0.05) is 42.5 Å². The average molecular weight is 276 g/mol. The van der Waals surface area contributed by atoms with E-state index in [4.69, 9.17) is 0 Å². The van der Waals surface area contributed by atoms with Crippen molar-refractivity contribution in [2.24, 2.45) is 0 Å². The molecule has 0 aliphatic heterocycles. The average Bonchev–Trinajstić information content (AvgIpc) is 2.42. The van der Waals surface area contributed by atoms with Crippen LogP contribution in [0.1, 0.15) is 25.5 Å². The molecule has 20 heavy (non-hydrogen) atoms. The molecule has 1 unspecified atom stereocenters. The lowest BCUT2D eigenvalue weighted by Crippen LogP contribution is -2.44. The van der Waals surface area contributed by atoms with Crippen LogP contribution < -0.4 is 5.32 Å². The van der Waals surface area contributed by atoms with Gasteiger partial charge in [-0.2, -0.15) is 0 Å². The van der Waals surface area contributed by atoms with E-state index in [0.717, 1.165) is 5.57 Å². The number of hydrogen-bond donors (Lipinski definition) is 2. The molecule has 2 amide bonds. The number of amides is 2. The molecule has 5 heteroatoms. The van der Waals surface area contributed by atoms with Gasteiger partial charge >= 0.3 is 12.0 Å². The van der Waals surface area contributed by atoms with Crippen LogP contribution in [0.4, 0.5) is 4.79 Å². The first-order chi connectivity index (χ1) is 9.45. The molecule has 1 atom stereocenters. The van der Waals surface area contributed by atoms with Crippen LogP contribution in [0.25, 0.3) is 0 Å². The number of likely N-dealkylation sites (N-methyl/N-ethyl adjacent to an activating group) is 1. The molecule has 0 fully saturated rings. The minimum atomic E-state index is -1.09. The summed E-state index contributed by atoms with van der Waals surface area (Å²) in [6.07, 6.45) is 0. The van der Waals surface area contributed by atoms with Crippen molar-refractivity contribution in [3.63, 3.8) is 0 Å². The van der Waals surface area contributed by atoms with Crippen LogP contribution in [0.3, 0.4) is 0 Å². The first-order valence-corrected chi connectivity index (χ1v) is 6.43. The number of carboxylic acids is 1. The molecule has 0 bridgehead atoms. The minimum absolute atomic E-state index is 0.406. The molecule has 0 radical (unpaired) electrons. The van der Waals surface area contributed by atoms with Crippen molar-refractivity contribution in [3.8, 4) is 0 Å². The van der Waals surface area contributed by atoms with Gasteiger partial charge in [0, 0.05) is 13.1 Å². The zero-order chi connectivity index (χ0) is 15.1. The normalized spacial score (nSPS) is 11.5. The van der Waals surface area contributed by atoms with Gasteiger partial charge in [-0.15, -0.1) is 0 Å². The molecule has 0 aliphatic rings. The molecule has 1 rings (SSSR count). The molecule has 1 aromatic carbocycles. The number of benzene rings is 1. The molecule has 108 valence electrons. The highest BCUT2D eigenvalue weighted by atomic mass is 16.4. The zero-order valence-corrected chi connectivity index (χ0v) is 11.8. The number of carboxylic acid groups (broad SMARTS) is 1. The van der Waals surface area contributed by atoms with E-state index in [1.807, 2.05) is 13.8 Å². The maximum Gasteiger partial charge on any atom is 0.330 e. The van der Waals surface area contributed by atoms with E-state index in [9.17, 15) is 14.7 Å². The number of nitrogens with zero attached hydrogens (tertiary/aromatic N) is 1. The number of aliphatic carboxylic acids is 1. The molecule has 1 aromatic rings. The van der Waals surface area contributed by atoms with Gasteiger partial charge in [0.2, 0.25) is 0 Å². The highest BCUT2D eigenvalue weighted by Gasteiger charge is 2.24. The number of nitrogens with one attached hydrogen (secondary N) is 1. The van der Waals surface area contributed by atoms with Crippen LogP contribution in [-0.4, -0.2) is 35.1 Å². The van der Waals surface area contributed by atoms with Crippen LogP contribution in [-0.2, 0) is 4.79 Å². The van der Waals surface area contributed by atoms with E-state index in [-0.39, 0.29) is 0 Å². The summed E-state index contributed by atoms with van der Waals surface area (Å²) in [5, 5.41) is 11.8. The Hall–Kier alpha value is -2.30. The SMILES string of the molecule is C=C(C)CN(CC)C(=O)NC(C(=O)O)c1ccccc1. The lowest BCUT2D eigenvalue weighted by Gasteiger charge is -2.24. The molecule has 0 saturated carbocycles. The maximum atomic E-state index is 12.1. The van der Waals surface area contributed by atoms with Crippen molar-refractivity contribution in [1.82, 2.24) is 10.2 Å². The molecule has 0 spiro atoms. The lowest BCUT2D eigenvalue weighted by atomic mass is 10.1. The molecule has 0 heterocycles. The third kappa shape index (κ3) is 4.42. The molecule has 0 aromatic heterocycles. The molecular formula is C15H20N2O3. The Morgan fingerprint density at radius 1 is 1.35 bits per heavy atom. The Kier molecular flexibility index (Phi) is 5.77. The molecule has 5 nitrogen and oxygen atoms in total. The Morgan fingerprint density at radius 2 is 1.95 bits per heavy atom. The predicted molar refractivity (Wildman–Crippen MR) is 77.4 cm³/mol. The Morgan fingerprint density at radius 3 is 2.40 bits per heavy atom. The zero-order valence-electron chi connectivity index (χ0n) is 11.8. The van der Waals surface area contributed by atoms with Crippen LogP contribution >= 0.6 is 0 Å². The summed E-state index contributed by atoms with van der Waals surface area (Å²) in [5.74, 6) is -1.09. The number of carbonyl (C=O) groups is 2. The van der Waals surface area contributed by atoms with Gasteiger partial charge in [0.15, 0.2) is 6.04 Å². The molecule has 0 aliphatic carbocycles. The molecule has 0 saturated heterocycles. The quantitative estimate of drug-likeness (QED) is 0.784.